The Morgan fingerprint density at radius 1 is 1.17 bits per heavy atom. The maximum absolute atomic E-state index is 12.1. The van der Waals surface area contributed by atoms with Gasteiger partial charge in [-0.25, -0.2) is 4.79 Å². The van der Waals surface area contributed by atoms with Crippen LogP contribution in [0.25, 0.3) is 10.9 Å². The summed E-state index contributed by atoms with van der Waals surface area (Å²) in [7, 11) is 0. The monoisotopic (exact) mass is 313 g/mol. The molecule has 1 N–H and O–H groups in total. The number of pyridine rings is 1. The number of rotatable bonds is 4. The summed E-state index contributed by atoms with van der Waals surface area (Å²) in [4.78, 5) is 18.3. The Balaban J connectivity index is 1.44. The number of carbonyl (C=O) groups excluding carboxylic acids is 1. The van der Waals surface area contributed by atoms with Crippen LogP contribution in [0.3, 0.4) is 0 Å². The van der Waals surface area contributed by atoms with Gasteiger partial charge in [0.2, 0.25) is 0 Å². The van der Waals surface area contributed by atoms with Crippen molar-refractivity contribution in [1.82, 2.24) is 15.2 Å². The van der Waals surface area contributed by atoms with Gasteiger partial charge in [0.25, 0.3) is 0 Å². The van der Waals surface area contributed by atoms with E-state index < -0.39 is 0 Å². The Morgan fingerprint density at radius 2 is 2.00 bits per heavy atom. The van der Waals surface area contributed by atoms with Crippen LogP contribution in [0.5, 0.6) is 5.75 Å². The topological polar surface area (TPSA) is 54.5 Å². The number of nitrogens with one attached hydrogen (secondary N) is 1. The molecule has 2 heterocycles. The summed E-state index contributed by atoms with van der Waals surface area (Å²) in [6.07, 6.45) is 6.44. The highest BCUT2D eigenvalue weighted by Gasteiger charge is 2.14. The van der Waals surface area contributed by atoms with Crippen LogP contribution in [-0.4, -0.2) is 42.2 Å². The molecule has 0 bridgehead atoms. The number of aromatic nitrogens is 1. The molecule has 0 spiro atoms. The first-order valence-electron chi connectivity index (χ1n) is 8.33. The average Bonchev–Trinajstić information content (AvgIpc) is 2.88. The number of nitrogens with zero attached hydrogens (tertiary/aromatic N) is 2. The van der Waals surface area contributed by atoms with E-state index in [9.17, 15) is 4.79 Å². The van der Waals surface area contributed by atoms with Crippen molar-refractivity contribution in [2.24, 2.45) is 0 Å². The van der Waals surface area contributed by atoms with E-state index in [0.29, 0.717) is 13.2 Å². The molecule has 3 rings (SSSR count). The fraction of sp³-hybridized carbons (Fsp3) is 0.444. The van der Waals surface area contributed by atoms with E-state index in [1.54, 1.807) is 6.20 Å². The number of hydrogen-bond donors (Lipinski definition) is 1. The van der Waals surface area contributed by atoms with Crippen molar-refractivity contribution in [1.29, 1.82) is 0 Å². The number of likely N-dealkylation sites (tertiary alicyclic amines) is 1. The van der Waals surface area contributed by atoms with E-state index in [2.05, 4.69) is 10.3 Å². The molecule has 122 valence electrons. The zero-order chi connectivity index (χ0) is 15.9. The second kappa shape index (κ2) is 7.81. The van der Waals surface area contributed by atoms with Gasteiger partial charge in [-0.1, -0.05) is 18.9 Å². The van der Waals surface area contributed by atoms with Crippen molar-refractivity contribution in [2.75, 3.05) is 26.2 Å². The summed E-state index contributed by atoms with van der Waals surface area (Å²) >= 11 is 0. The summed E-state index contributed by atoms with van der Waals surface area (Å²) in [5.74, 6) is 0.800. The van der Waals surface area contributed by atoms with Gasteiger partial charge < -0.3 is 15.0 Å². The first kappa shape index (κ1) is 15.6. The average molecular weight is 313 g/mol. The molecule has 0 saturated carbocycles. The molecular weight excluding hydrogens is 290 g/mol. The van der Waals surface area contributed by atoms with Gasteiger partial charge in [0.05, 0.1) is 12.1 Å². The Kier molecular flexibility index (Phi) is 5.29. The van der Waals surface area contributed by atoms with E-state index in [1.807, 2.05) is 35.2 Å². The minimum absolute atomic E-state index is 0.0261. The zero-order valence-electron chi connectivity index (χ0n) is 13.3. The maximum Gasteiger partial charge on any atom is 0.317 e. The first-order chi connectivity index (χ1) is 11.3. The Hall–Kier alpha value is -2.30. The number of hydrogen-bond acceptors (Lipinski definition) is 3. The lowest BCUT2D eigenvalue weighted by atomic mass is 10.2. The number of ether oxygens (including phenoxy) is 1. The molecule has 0 atom stereocenters. The van der Waals surface area contributed by atoms with Crippen LogP contribution in [0.1, 0.15) is 25.7 Å². The highest BCUT2D eigenvalue weighted by atomic mass is 16.5. The van der Waals surface area contributed by atoms with Crippen LogP contribution < -0.4 is 10.1 Å². The molecule has 1 aromatic carbocycles. The molecule has 23 heavy (non-hydrogen) atoms. The van der Waals surface area contributed by atoms with Gasteiger partial charge in [0, 0.05) is 24.7 Å². The SMILES string of the molecule is O=C(NCCOc1ccc2ncccc2c1)N1CCCCCC1. The molecule has 1 aliphatic rings. The normalized spacial score (nSPS) is 15.2. The van der Waals surface area contributed by atoms with Gasteiger partial charge in [-0.05, 0) is 37.1 Å². The third-order valence-electron chi connectivity index (χ3n) is 4.11. The smallest absolute Gasteiger partial charge is 0.317 e. The summed E-state index contributed by atoms with van der Waals surface area (Å²) < 4.78 is 5.72. The van der Waals surface area contributed by atoms with Crippen LogP contribution in [0.2, 0.25) is 0 Å². The van der Waals surface area contributed by atoms with Crippen molar-refractivity contribution >= 4 is 16.9 Å². The van der Waals surface area contributed by atoms with Crippen molar-refractivity contribution in [2.45, 2.75) is 25.7 Å². The molecule has 1 saturated heterocycles. The summed E-state index contributed by atoms with van der Waals surface area (Å²) in [5.41, 5.74) is 0.953. The third-order valence-corrected chi connectivity index (χ3v) is 4.11. The van der Waals surface area contributed by atoms with Crippen LogP contribution >= 0.6 is 0 Å². The van der Waals surface area contributed by atoms with E-state index in [4.69, 9.17) is 4.74 Å². The van der Waals surface area contributed by atoms with Crippen LogP contribution in [0.4, 0.5) is 4.79 Å². The lowest BCUT2D eigenvalue weighted by molar-refractivity contribution is 0.196. The number of fused-ring (bicyclic) bond motifs is 1. The molecular formula is C18H23N3O2. The van der Waals surface area contributed by atoms with Crippen molar-refractivity contribution in [3.63, 3.8) is 0 Å². The first-order valence-corrected chi connectivity index (χ1v) is 8.33. The van der Waals surface area contributed by atoms with Crippen LogP contribution in [0.15, 0.2) is 36.5 Å². The molecule has 1 aromatic heterocycles. The fourth-order valence-electron chi connectivity index (χ4n) is 2.86. The van der Waals surface area contributed by atoms with Crippen molar-refractivity contribution in [3.8, 4) is 5.75 Å². The minimum Gasteiger partial charge on any atom is -0.492 e. The van der Waals surface area contributed by atoms with E-state index in [-0.39, 0.29) is 6.03 Å². The van der Waals surface area contributed by atoms with Gasteiger partial charge in [-0.2, -0.15) is 0 Å². The molecule has 0 radical (unpaired) electrons. The summed E-state index contributed by atoms with van der Waals surface area (Å²) in [5, 5.41) is 3.99. The van der Waals surface area contributed by atoms with Crippen LogP contribution in [0, 0.1) is 0 Å². The number of benzene rings is 1. The lowest BCUT2D eigenvalue weighted by Crippen LogP contribution is -2.41. The van der Waals surface area contributed by atoms with E-state index in [1.165, 1.54) is 12.8 Å². The predicted octanol–water partition coefficient (Wildman–Crippen LogP) is 3.20. The second-order valence-electron chi connectivity index (χ2n) is 5.84. The highest BCUT2D eigenvalue weighted by molar-refractivity contribution is 5.79. The summed E-state index contributed by atoms with van der Waals surface area (Å²) in [6, 6.07) is 9.77. The largest absolute Gasteiger partial charge is 0.492 e. The van der Waals surface area contributed by atoms with Gasteiger partial charge in [0.15, 0.2) is 0 Å². The third kappa shape index (κ3) is 4.34. The Morgan fingerprint density at radius 3 is 2.83 bits per heavy atom. The standard InChI is InChI=1S/C18H23N3O2/c22-18(21-11-3-1-2-4-12-21)20-10-13-23-16-7-8-17-15(14-16)6-5-9-19-17/h5-9,14H,1-4,10-13H2,(H,20,22). The number of carbonyl (C=O) groups is 1. The Labute approximate surface area is 136 Å². The molecule has 1 fully saturated rings. The van der Waals surface area contributed by atoms with E-state index >= 15 is 0 Å². The molecule has 1 aliphatic heterocycles. The Bertz CT molecular complexity index is 652. The maximum atomic E-state index is 12.1. The molecule has 5 nitrogen and oxygen atoms in total. The minimum atomic E-state index is 0.0261. The number of urea groups is 1. The van der Waals surface area contributed by atoms with Crippen LogP contribution in [-0.2, 0) is 0 Å². The van der Waals surface area contributed by atoms with Gasteiger partial charge >= 0.3 is 6.03 Å². The highest BCUT2D eigenvalue weighted by Crippen LogP contribution is 2.18. The molecule has 5 heteroatoms. The quantitative estimate of drug-likeness (QED) is 0.882. The summed E-state index contributed by atoms with van der Waals surface area (Å²) in [6.45, 7) is 2.71. The molecule has 2 amide bonds. The molecule has 2 aromatic rings. The van der Waals surface area contributed by atoms with Gasteiger partial charge in [-0.3, -0.25) is 4.98 Å². The van der Waals surface area contributed by atoms with E-state index in [0.717, 1.165) is 42.6 Å². The lowest BCUT2D eigenvalue weighted by Gasteiger charge is -2.20. The van der Waals surface area contributed by atoms with Crippen molar-refractivity contribution < 1.29 is 9.53 Å². The fourth-order valence-corrected chi connectivity index (χ4v) is 2.86. The second-order valence-corrected chi connectivity index (χ2v) is 5.84. The van der Waals surface area contributed by atoms with Crippen molar-refractivity contribution in [3.05, 3.63) is 36.5 Å². The molecule has 0 aliphatic carbocycles. The van der Waals surface area contributed by atoms with Gasteiger partial charge in [0.1, 0.15) is 12.4 Å². The zero-order valence-corrected chi connectivity index (χ0v) is 13.3. The van der Waals surface area contributed by atoms with Gasteiger partial charge in [-0.15, -0.1) is 0 Å². The predicted molar refractivity (Wildman–Crippen MR) is 90.7 cm³/mol. The number of amides is 2. The molecule has 0 unspecified atom stereocenters.